The van der Waals surface area contributed by atoms with E-state index in [2.05, 4.69) is 0 Å². The van der Waals surface area contributed by atoms with Crippen LogP contribution < -0.4 is 14.4 Å². The maximum absolute atomic E-state index is 13.1. The average molecular weight is 445 g/mol. The van der Waals surface area contributed by atoms with Gasteiger partial charge >= 0.3 is 0 Å². The number of anilines is 1. The first-order valence-corrected chi connectivity index (χ1v) is 12.2. The van der Waals surface area contributed by atoms with E-state index in [0.29, 0.717) is 24.5 Å². The van der Waals surface area contributed by atoms with Crippen LogP contribution in [0.2, 0.25) is 0 Å². The van der Waals surface area contributed by atoms with E-state index in [0.717, 1.165) is 16.8 Å². The van der Waals surface area contributed by atoms with E-state index in [-0.39, 0.29) is 36.0 Å². The molecule has 2 unspecified atom stereocenters. The highest BCUT2D eigenvalue weighted by atomic mass is 32.2. The third-order valence-corrected chi connectivity index (χ3v) is 7.82. The summed E-state index contributed by atoms with van der Waals surface area (Å²) in [5.74, 6) is 1.34. The molecule has 0 saturated carbocycles. The number of rotatable bonds is 6. The van der Waals surface area contributed by atoms with E-state index < -0.39 is 9.84 Å². The molecule has 0 aromatic heterocycles. The van der Waals surface area contributed by atoms with Crippen molar-refractivity contribution >= 4 is 21.4 Å². The fourth-order valence-corrected chi connectivity index (χ4v) is 6.61. The summed E-state index contributed by atoms with van der Waals surface area (Å²) in [5, 5.41) is 0. The number of sulfone groups is 1. The van der Waals surface area contributed by atoms with E-state index in [1.807, 2.05) is 54.3 Å². The lowest BCUT2D eigenvalue weighted by Gasteiger charge is -2.43. The van der Waals surface area contributed by atoms with Crippen molar-refractivity contribution in [1.29, 1.82) is 0 Å². The molecule has 2 aliphatic heterocycles. The molecular weight excluding hydrogens is 416 g/mol. The fraction of sp³-hybridized carbons (Fsp3) is 0.435. The maximum atomic E-state index is 13.1. The SMILES string of the molecule is COc1ccc(CCN2CC(=O)N(c3cccc(C)c3)C3CS(=O)(=O)CC32)cc1OC. The van der Waals surface area contributed by atoms with Crippen LogP contribution >= 0.6 is 0 Å². The summed E-state index contributed by atoms with van der Waals surface area (Å²) in [6.45, 7) is 2.77. The Bertz CT molecular complexity index is 1090. The lowest BCUT2D eigenvalue weighted by Crippen LogP contribution is -2.62. The molecule has 2 aromatic carbocycles. The molecule has 7 nitrogen and oxygen atoms in total. The van der Waals surface area contributed by atoms with Gasteiger partial charge in [-0.2, -0.15) is 0 Å². The van der Waals surface area contributed by atoms with Gasteiger partial charge in [-0.15, -0.1) is 0 Å². The van der Waals surface area contributed by atoms with Crippen molar-refractivity contribution in [3.63, 3.8) is 0 Å². The Kier molecular flexibility index (Phi) is 5.94. The van der Waals surface area contributed by atoms with Crippen LogP contribution in [-0.4, -0.2) is 70.1 Å². The summed E-state index contributed by atoms with van der Waals surface area (Å²) < 4.78 is 35.7. The highest BCUT2D eigenvalue weighted by Crippen LogP contribution is 2.33. The van der Waals surface area contributed by atoms with Gasteiger partial charge in [-0.25, -0.2) is 8.42 Å². The van der Waals surface area contributed by atoms with Crippen LogP contribution in [0.3, 0.4) is 0 Å². The molecule has 0 radical (unpaired) electrons. The summed E-state index contributed by atoms with van der Waals surface area (Å²) in [4.78, 5) is 16.9. The molecule has 2 fully saturated rings. The summed E-state index contributed by atoms with van der Waals surface area (Å²) in [6, 6.07) is 12.9. The lowest BCUT2D eigenvalue weighted by atomic mass is 10.0. The number of ether oxygens (including phenoxy) is 2. The molecule has 1 amide bonds. The molecule has 31 heavy (non-hydrogen) atoms. The number of amides is 1. The molecule has 166 valence electrons. The van der Waals surface area contributed by atoms with Gasteiger partial charge in [0.25, 0.3) is 0 Å². The number of methoxy groups -OCH3 is 2. The Labute approximate surface area is 183 Å². The van der Waals surface area contributed by atoms with Crippen molar-refractivity contribution in [2.75, 3.05) is 43.7 Å². The van der Waals surface area contributed by atoms with Crippen LogP contribution in [0.5, 0.6) is 11.5 Å². The Balaban J connectivity index is 1.56. The fourth-order valence-electron chi connectivity index (χ4n) is 4.63. The van der Waals surface area contributed by atoms with Crippen molar-refractivity contribution in [2.45, 2.75) is 25.4 Å². The van der Waals surface area contributed by atoms with Crippen molar-refractivity contribution in [1.82, 2.24) is 4.90 Å². The van der Waals surface area contributed by atoms with E-state index in [1.54, 1.807) is 19.1 Å². The molecule has 0 aliphatic carbocycles. The van der Waals surface area contributed by atoms with Crippen molar-refractivity contribution in [2.24, 2.45) is 0 Å². The van der Waals surface area contributed by atoms with Crippen LogP contribution in [0.15, 0.2) is 42.5 Å². The van der Waals surface area contributed by atoms with Gasteiger partial charge in [0.2, 0.25) is 5.91 Å². The zero-order valence-corrected chi connectivity index (χ0v) is 18.9. The van der Waals surface area contributed by atoms with Gasteiger partial charge in [0, 0.05) is 18.3 Å². The minimum Gasteiger partial charge on any atom is -0.493 e. The van der Waals surface area contributed by atoms with Gasteiger partial charge in [0.05, 0.1) is 38.3 Å². The molecule has 0 spiro atoms. The zero-order chi connectivity index (χ0) is 22.2. The van der Waals surface area contributed by atoms with Crippen molar-refractivity contribution < 1.29 is 22.7 Å². The highest BCUT2D eigenvalue weighted by Gasteiger charge is 2.49. The summed E-state index contributed by atoms with van der Waals surface area (Å²) >= 11 is 0. The predicted molar refractivity (Wildman–Crippen MR) is 120 cm³/mol. The number of aryl methyl sites for hydroxylation is 1. The number of nitrogens with zero attached hydrogens (tertiary/aromatic N) is 2. The number of carbonyl (C=O) groups is 1. The van der Waals surface area contributed by atoms with Crippen LogP contribution in [0.25, 0.3) is 0 Å². The molecule has 0 N–H and O–H groups in total. The van der Waals surface area contributed by atoms with Gasteiger partial charge in [0.1, 0.15) is 0 Å². The first-order valence-electron chi connectivity index (χ1n) is 10.4. The molecule has 8 heteroatoms. The van der Waals surface area contributed by atoms with Crippen LogP contribution in [0.1, 0.15) is 11.1 Å². The van der Waals surface area contributed by atoms with Crippen molar-refractivity contribution in [3.05, 3.63) is 53.6 Å². The first-order chi connectivity index (χ1) is 14.8. The normalized spacial score (nSPS) is 22.9. The monoisotopic (exact) mass is 444 g/mol. The van der Waals surface area contributed by atoms with Crippen molar-refractivity contribution in [3.8, 4) is 11.5 Å². The van der Waals surface area contributed by atoms with Crippen LogP contribution in [-0.2, 0) is 21.1 Å². The lowest BCUT2D eigenvalue weighted by molar-refractivity contribution is -0.123. The van der Waals surface area contributed by atoms with Crippen LogP contribution in [0, 0.1) is 6.92 Å². The number of piperazine rings is 1. The molecule has 0 bridgehead atoms. The summed E-state index contributed by atoms with van der Waals surface area (Å²) in [7, 11) is -0.0201. The van der Waals surface area contributed by atoms with Gasteiger partial charge in [-0.3, -0.25) is 9.69 Å². The second-order valence-corrected chi connectivity index (χ2v) is 10.4. The van der Waals surface area contributed by atoms with Crippen LogP contribution in [0.4, 0.5) is 5.69 Å². The zero-order valence-electron chi connectivity index (χ0n) is 18.1. The third kappa shape index (κ3) is 4.41. The van der Waals surface area contributed by atoms with Gasteiger partial charge < -0.3 is 14.4 Å². The van der Waals surface area contributed by atoms with E-state index in [1.165, 1.54) is 0 Å². The Morgan fingerprint density at radius 3 is 2.45 bits per heavy atom. The Hall–Kier alpha value is -2.58. The average Bonchev–Trinajstić information content (AvgIpc) is 3.06. The summed E-state index contributed by atoms with van der Waals surface area (Å²) in [5.41, 5.74) is 2.86. The Morgan fingerprint density at radius 1 is 1.00 bits per heavy atom. The quantitative estimate of drug-likeness (QED) is 0.679. The minimum absolute atomic E-state index is 0.00417. The van der Waals surface area contributed by atoms with E-state index >= 15 is 0 Å². The molecule has 2 heterocycles. The predicted octanol–water partition coefficient (Wildman–Crippen LogP) is 2.07. The molecule has 4 rings (SSSR count). The third-order valence-electron chi connectivity index (χ3n) is 6.12. The molecular formula is C23H28N2O5S. The minimum atomic E-state index is -3.21. The second kappa shape index (κ2) is 8.51. The molecule has 2 aliphatic rings. The number of fused-ring (bicyclic) bond motifs is 1. The smallest absolute Gasteiger partial charge is 0.241 e. The highest BCUT2D eigenvalue weighted by molar-refractivity contribution is 7.91. The standard InChI is InChI=1S/C23H28N2O5S/c1-16-5-4-6-18(11-16)25-20-15-31(27,28)14-19(20)24(13-23(25)26)10-9-17-7-8-21(29-2)22(12-17)30-3/h4-8,11-12,19-20H,9-10,13-15H2,1-3H3. The topological polar surface area (TPSA) is 76.2 Å². The van der Waals surface area contributed by atoms with Gasteiger partial charge in [-0.1, -0.05) is 18.2 Å². The molecule has 2 aromatic rings. The van der Waals surface area contributed by atoms with Gasteiger partial charge in [-0.05, 0) is 48.7 Å². The summed E-state index contributed by atoms with van der Waals surface area (Å²) in [6.07, 6.45) is 0.682. The molecule has 2 saturated heterocycles. The van der Waals surface area contributed by atoms with Gasteiger partial charge in [0.15, 0.2) is 21.3 Å². The number of benzene rings is 2. The number of hydrogen-bond acceptors (Lipinski definition) is 6. The van der Waals surface area contributed by atoms with E-state index in [4.69, 9.17) is 9.47 Å². The largest absolute Gasteiger partial charge is 0.493 e. The maximum Gasteiger partial charge on any atom is 0.241 e. The first kappa shape index (κ1) is 21.6. The van der Waals surface area contributed by atoms with E-state index in [9.17, 15) is 13.2 Å². The number of hydrogen-bond donors (Lipinski definition) is 0. The Morgan fingerprint density at radius 2 is 1.74 bits per heavy atom. The second-order valence-electron chi connectivity index (χ2n) is 8.22. The number of carbonyl (C=O) groups excluding carboxylic acids is 1. The molecule has 2 atom stereocenters.